The Balaban J connectivity index is 1.53. The molecule has 3 nitrogen and oxygen atoms in total. The maximum absolute atomic E-state index is 10.5. The topological polar surface area (TPSA) is 35.5 Å². The Kier molecular flexibility index (Phi) is 5.44. The molecular weight excluding hydrogens is 284 g/mol. The molecule has 3 heteroatoms. The molecule has 0 amide bonds. The number of likely N-dealkylation sites (tertiary alicyclic amines) is 1. The number of nitrogens with zero attached hydrogens (tertiary/aromatic N) is 1. The highest BCUT2D eigenvalue weighted by Crippen LogP contribution is 2.24. The van der Waals surface area contributed by atoms with Crippen LogP contribution >= 0.6 is 0 Å². The number of aliphatic hydroxyl groups is 1. The first-order chi connectivity index (χ1) is 11.2. The third kappa shape index (κ3) is 4.20. The summed E-state index contributed by atoms with van der Waals surface area (Å²) >= 11 is 0. The van der Waals surface area contributed by atoms with Crippen molar-refractivity contribution in [3.05, 3.63) is 71.8 Å². The molecule has 1 unspecified atom stereocenters. The fourth-order valence-corrected chi connectivity index (χ4v) is 3.33. The quantitative estimate of drug-likeness (QED) is 0.891. The van der Waals surface area contributed by atoms with Gasteiger partial charge < -0.3 is 10.4 Å². The average molecular weight is 310 g/mol. The fraction of sp³-hybridized carbons (Fsp3) is 0.400. The molecule has 0 spiro atoms. The molecule has 0 aliphatic carbocycles. The van der Waals surface area contributed by atoms with Crippen molar-refractivity contribution in [1.82, 2.24) is 10.2 Å². The van der Waals surface area contributed by atoms with Gasteiger partial charge in [-0.25, -0.2) is 0 Å². The molecule has 1 aliphatic rings. The van der Waals surface area contributed by atoms with Crippen LogP contribution in [0.5, 0.6) is 0 Å². The zero-order valence-electron chi connectivity index (χ0n) is 13.7. The normalized spacial score (nSPS) is 23.6. The lowest BCUT2D eigenvalue weighted by atomic mass is 9.98. The van der Waals surface area contributed by atoms with Gasteiger partial charge in [0.2, 0.25) is 0 Å². The molecule has 3 atom stereocenters. The van der Waals surface area contributed by atoms with Crippen LogP contribution in [-0.4, -0.2) is 35.2 Å². The smallest absolute Gasteiger partial charge is 0.0820 e. The Hall–Kier alpha value is -1.68. The second-order valence-corrected chi connectivity index (χ2v) is 6.41. The van der Waals surface area contributed by atoms with Crippen LogP contribution in [0, 0.1) is 0 Å². The first kappa shape index (κ1) is 16.2. The summed E-state index contributed by atoms with van der Waals surface area (Å²) in [6.45, 7) is 4.78. The number of piperidine rings is 1. The zero-order chi connectivity index (χ0) is 16.1. The number of nitrogens with one attached hydrogen (secondary N) is 1. The predicted molar refractivity (Wildman–Crippen MR) is 94.1 cm³/mol. The summed E-state index contributed by atoms with van der Waals surface area (Å²) in [7, 11) is 0. The highest BCUT2D eigenvalue weighted by molar-refractivity contribution is 5.19. The van der Waals surface area contributed by atoms with Gasteiger partial charge in [0.05, 0.1) is 6.10 Å². The summed E-state index contributed by atoms with van der Waals surface area (Å²) in [6, 6.07) is 21.4. The molecule has 0 radical (unpaired) electrons. The van der Waals surface area contributed by atoms with Gasteiger partial charge in [-0.15, -0.1) is 0 Å². The predicted octanol–water partition coefficient (Wildman–Crippen LogP) is 2.97. The average Bonchev–Trinajstić information content (AvgIpc) is 2.61. The van der Waals surface area contributed by atoms with E-state index in [2.05, 4.69) is 65.7 Å². The van der Waals surface area contributed by atoms with Crippen molar-refractivity contribution in [2.45, 2.75) is 38.1 Å². The molecule has 122 valence electrons. The maximum Gasteiger partial charge on any atom is 0.0820 e. The third-order valence-electron chi connectivity index (χ3n) is 4.85. The van der Waals surface area contributed by atoms with E-state index in [1.807, 2.05) is 12.1 Å². The molecule has 1 aliphatic heterocycles. The number of aliphatic hydroxyl groups excluding tert-OH is 1. The molecule has 1 saturated heterocycles. The maximum atomic E-state index is 10.5. The largest absolute Gasteiger partial charge is 0.390 e. The van der Waals surface area contributed by atoms with Crippen LogP contribution in [0.3, 0.4) is 0 Å². The van der Waals surface area contributed by atoms with Crippen LogP contribution in [0.4, 0.5) is 0 Å². The van der Waals surface area contributed by atoms with Crippen LogP contribution in [0.15, 0.2) is 60.7 Å². The Labute approximate surface area is 139 Å². The van der Waals surface area contributed by atoms with Crippen molar-refractivity contribution in [1.29, 1.82) is 0 Å². The lowest BCUT2D eigenvalue weighted by Gasteiger charge is -2.39. The van der Waals surface area contributed by atoms with E-state index < -0.39 is 0 Å². The van der Waals surface area contributed by atoms with Gasteiger partial charge in [0.15, 0.2) is 0 Å². The lowest BCUT2D eigenvalue weighted by molar-refractivity contribution is 0.0230. The summed E-state index contributed by atoms with van der Waals surface area (Å²) < 4.78 is 0. The number of rotatable bonds is 5. The Morgan fingerprint density at radius 1 is 1.09 bits per heavy atom. The molecule has 1 heterocycles. The number of benzene rings is 2. The first-order valence-electron chi connectivity index (χ1n) is 8.48. The zero-order valence-corrected chi connectivity index (χ0v) is 13.7. The van der Waals surface area contributed by atoms with Crippen molar-refractivity contribution in [2.24, 2.45) is 0 Å². The highest BCUT2D eigenvalue weighted by Gasteiger charge is 2.29. The minimum atomic E-state index is -0.321. The van der Waals surface area contributed by atoms with E-state index in [0.29, 0.717) is 6.04 Å². The van der Waals surface area contributed by atoms with E-state index >= 15 is 0 Å². The minimum absolute atomic E-state index is 0.175. The SMILES string of the molecule is CC(c1ccccc1)N1CC[C@@H](NCc2ccccc2)[C@H](O)C1. The number of β-amino-alcohol motifs (C(OH)–C–C–N with tert-alkyl or cyclic N) is 1. The second kappa shape index (κ2) is 7.73. The molecule has 2 N–H and O–H groups in total. The van der Waals surface area contributed by atoms with Crippen LogP contribution in [-0.2, 0) is 6.54 Å². The van der Waals surface area contributed by atoms with E-state index in [1.165, 1.54) is 11.1 Å². The van der Waals surface area contributed by atoms with Crippen LogP contribution in [0.1, 0.15) is 30.5 Å². The highest BCUT2D eigenvalue weighted by atomic mass is 16.3. The fourth-order valence-electron chi connectivity index (χ4n) is 3.33. The molecule has 2 aromatic carbocycles. The van der Waals surface area contributed by atoms with Crippen molar-refractivity contribution in [3.8, 4) is 0 Å². The monoisotopic (exact) mass is 310 g/mol. The number of hydrogen-bond donors (Lipinski definition) is 2. The van der Waals surface area contributed by atoms with Crippen LogP contribution in [0.25, 0.3) is 0 Å². The van der Waals surface area contributed by atoms with E-state index in [1.54, 1.807) is 0 Å². The number of hydrogen-bond acceptors (Lipinski definition) is 3. The summed E-state index contributed by atoms with van der Waals surface area (Å²) in [5.74, 6) is 0. The molecule has 2 aromatic rings. The molecule has 23 heavy (non-hydrogen) atoms. The summed E-state index contributed by atoms with van der Waals surface area (Å²) in [5.41, 5.74) is 2.58. The molecule has 0 bridgehead atoms. The van der Waals surface area contributed by atoms with Crippen molar-refractivity contribution < 1.29 is 5.11 Å². The van der Waals surface area contributed by atoms with Gasteiger partial charge in [-0.1, -0.05) is 60.7 Å². The van der Waals surface area contributed by atoms with E-state index in [9.17, 15) is 5.11 Å². The molecular formula is C20H26N2O. The standard InChI is InChI=1S/C20H26N2O/c1-16(18-10-6-3-7-11-18)22-13-12-19(20(23)15-22)21-14-17-8-4-2-5-9-17/h2-11,16,19-21,23H,12-15H2,1H3/t16?,19-,20-/m1/s1. The van der Waals surface area contributed by atoms with Gasteiger partial charge >= 0.3 is 0 Å². The van der Waals surface area contributed by atoms with E-state index in [-0.39, 0.29) is 12.1 Å². The molecule has 0 aromatic heterocycles. The van der Waals surface area contributed by atoms with E-state index in [0.717, 1.165) is 26.1 Å². The summed E-state index contributed by atoms with van der Waals surface area (Å²) in [5, 5.41) is 14.0. The van der Waals surface area contributed by atoms with Crippen LogP contribution in [0.2, 0.25) is 0 Å². The van der Waals surface area contributed by atoms with Gasteiger partial charge in [0.25, 0.3) is 0 Å². The van der Waals surface area contributed by atoms with Crippen molar-refractivity contribution in [2.75, 3.05) is 13.1 Å². The Morgan fingerprint density at radius 2 is 1.74 bits per heavy atom. The van der Waals surface area contributed by atoms with Crippen LogP contribution < -0.4 is 5.32 Å². The summed E-state index contributed by atoms with van der Waals surface area (Å²) in [6.07, 6.45) is 0.657. The minimum Gasteiger partial charge on any atom is -0.390 e. The second-order valence-electron chi connectivity index (χ2n) is 6.41. The molecule has 1 fully saturated rings. The van der Waals surface area contributed by atoms with Gasteiger partial charge in [-0.05, 0) is 24.5 Å². The third-order valence-corrected chi connectivity index (χ3v) is 4.85. The molecule has 3 rings (SSSR count). The summed E-state index contributed by atoms with van der Waals surface area (Å²) in [4.78, 5) is 2.38. The van der Waals surface area contributed by atoms with Crippen molar-refractivity contribution >= 4 is 0 Å². The lowest BCUT2D eigenvalue weighted by Crippen LogP contribution is -2.52. The first-order valence-corrected chi connectivity index (χ1v) is 8.48. The van der Waals surface area contributed by atoms with Gasteiger partial charge in [-0.2, -0.15) is 0 Å². The molecule has 0 saturated carbocycles. The Morgan fingerprint density at radius 3 is 2.39 bits per heavy atom. The van der Waals surface area contributed by atoms with Gasteiger partial charge in [-0.3, -0.25) is 4.90 Å². The van der Waals surface area contributed by atoms with E-state index in [4.69, 9.17) is 0 Å². The Bertz CT molecular complexity index is 587. The van der Waals surface area contributed by atoms with Crippen molar-refractivity contribution in [3.63, 3.8) is 0 Å². The van der Waals surface area contributed by atoms with Gasteiger partial charge in [0, 0.05) is 31.7 Å². The van der Waals surface area contributed by atoms with Gasteiger partial charge in [0.1, 0.15) is 0 Å².